The molecule has 30 heavy (non-hydrogen) atoms. The summed E-state index contributed by atoms with van der Waals surface area (Å²) in [6.45, 7) is 8.09. The van der Waals surface area contributed by atoms with Crippen LogP contribution in [0.4, 0.5) is 5.00 Å². The third-order valence-electron chi connectivity index (χ3n) is 3.84. The van der Waals surface area contributed by atoms with Gasteiger partial charge in [0, 0.05) is 24.3 Å². The fourth-order valence-electron chi connectivity index (χ4n) is 2.65. The Morgan fingerprint density at radius 2 is 1.77 bits per heavy atom. The van der Waals surface area contributed by atoms with Crippen LogP contribution in [0.3, 0.4) is 0 Å². The number of thiophene rings is 1. The van der Waals surface area contributed by atoms with Gasteiger partial charge < -0.3 is 4.74 Å². The molecule has 8 heteroatoms. The van der Waals surface area contributed by atoms with E-state index in [2.05, 4.69) is 0 Å². The van der Waals surface area contributed by atoms with Gasteiger partial charge in [-0.05, 0) is 30.5 Å². The zero-order valence-electron chi connectivity index (χ0n) is 17.2. The van der Waals surface area contributed by atoms with Crippen molar-refractivity contribution in [1.29, 1.82) is 0 Å². The Balaban J connectivity index is 2.49. The van der Waals surface area contributed by atoms with Gasteiger partial charge in [0.1, 0.15) is 5.00 Å². The highest BCUT2D eigenvalue weighted by Crippen LogP contribution is 2.38. The first kappa shape index (κ1) is 24.1. The molecule has 0 fully saturated rings. The number of nitrogens with zero attached hydrogens (tertiary/aromatic N) is 1. The molecule has 0 aliphatic carbocycles. The molecule has 0 aliphatic rings. The topological polar surface area (TPSA) is 63.7 Å². The van der Waals surface area contributed by atoms with E-state index in [1.165, 1.54) is 11.0 Å². The van der Waals surface area contributed by atoms with Crippen LogP contribution in [-0.2, 0) is 14.3 Å². The molecule has 0 saturated heterocycles. The third kappa shape index (κ3) is 6.42. The maximum atomic E-state index is 13.2. The molecule has 0 bridgehead atoms. The van der Waals surface area contributed by atoms with E-state index in [1.807, 2.05) is 20.8 Å². The number of halogens is 2. The molecular weight excluding hydrogens is 445 g/mol. The Labute approximate surface area is 190 Å². The lowest BCUT2D eigenvalue weighted by Crippen LogP contribution is -2.37. The fourth-order valence-corrected chi connectivity index (χ4v) is 4.09. The van der Waals surface area contributed by atoms with Gasteiger partial charge >= 0.3 is 5.97 Å². The van der Waals surface area contributed by atoms with Crippen molar-refractivity contribution in [2.24, 2.45) is 5.41 Å². The zero-order valence-corrected chi connectivity index (χ0v) is 19.5. The van der Waals surface area contributed by atoms with Crippen molar-refractivity contribution in [2.75, 3.05) is 18.1 Å². The van der Waals surface area contributed by atoms with E-state index in [9.17, 15) is 14.4 Å². The van der Waals surface area contributed by atoms with Crippen LogP contribution < -0.4 is 4.90 Å². The lowest BCUT2D eigenvalue weighted by Gasteiger charge is -2.29. The molecule has 0 aliphatic heterocycles. The van der Waals surface area contributed by atoms with Crippen molar-refractivity contribution in [3.63, 3.8) is 0 Å². The predicted octanol–water partition coefficient (Wildman–Crippen LogP) is 5.78. The van der Waals surface area contributed by atoms with Crippen molar-refractivity contribution >= 4 is 57.2 Å². The molecule has 2 rings (SSSR count). The Morgan fingerprint density at radius 3 is 2.37 bits per heavy atom. The summed E-state index contributed by atoms with van der Waals surface area (Å²) in [4.78, 5) is 39.2. The first-order valence-corrected chi connectivity index (χ1v) is 10.9. The van der Waals surface area contributed by atoms with E-state index < -0.39 is 11.9 Å². The van der Waals surface area contributed by atoms with Crippen LogP contribution in [0.25, 0.3) is 0 Å². The molecular formula is C22H23Cl2NO4S. The highest BCUT2D eigenvalue weighted by atomic mass is 35.5. The zero-order chi connectivity index (χ0) is 22.5. The van der Waals surface area contributed by atoms with E-state index in [-0.39, 0.29) is 23.4 Å². The molecule has 0 spiro atoms. The van der Waals surface area contributed by atoms with Gasteiger partial charge in [0.15, 0.2) is 5.78 Å². The van der Waals surface area contributed by atoms with Gasteiger partial charge in [-0.2, -0.15) is 0 Å². The number of esters is 1. The number of ether oxygens (including phenoxy) is 1. The Bertz CT molecular complexity index is 976. The van der Waals surface area contributed by atoms with E-state index in [4.69, 9.17) is 27.9 Å². The second-order valence-corrected chi connectivity index (χ2v) is 9.72. The molecule has 1 aromatic heterocycles. The van der Waals surface area contributed by atoms with Gasteiger partial charge in [-0.3, -0.25) is 14.5 Å². The highest BCUT2D eigenvalue weighted by Gasteiger charge is 2.28. The Morgan fingerprint density at radius 1 is 1.10 bits per heavy atom. The largest absolute Gasteiger partial charge is 0.463 e. The van der Waals surface area contributed by atoms with Gasteiger partial charge in [-0.1, -0.05) is 56.1 Å². The van der Waals surface area contributed by atoms with Crippen molar-refractivity contribution in [3.8, 4) is 0 Å². The standard InChI is InChI=1S/C22H23Cl2NO4S/c1-5-29-19(27)11-10-18(26)25(13-22(2,3)4)21-15(12-17(24)30-21)20(28)14-8-6-7-9-16(14)23/h6-12H,5,13H2,1-4H3. The lowest BCUT2D eigenvalue weighted by molar-refractivity contribution is -0.137. The minimum Gasteiger partial charge on any atom is -0.463 e. The minimum atomic E-state index is -0.613. The van der Waals surface area contributed by atoms with Crippen molar-refractivity contribution in [2.45, 2.75) is 27.7 Å². The quantitative estimate of drug-likeness (QED) is 0.293. The number of anilines is 1. The van der Waals surface area contributed by atoms with Crippen molar-refractivity contribution in [3.05, 3.63) is 63.0 Å². The number of hydrogen-bond acceptors (Lipinski definition) is 5. The van der Waals surface area contributed by atoms with Crippen LogP contribution in [0.2, 0.25) is 9.36 Å². The number of benzene rings is 1. The Hall–Kier alpha value is -2.15. The monoisotopic (exact) mass is 467 g/mol. The molecule has 1 amide bonds. The van der Waals surface area contributed by atoms with Gasteiger partial charge in [-0.25, -0.2) is 4.79 Å². The Kier molecular flexibility index (Phi) is 8.24. The summed E-state index contributed by atoms with van der Waals surface area (Å²) >= 11 is 13.5. The molecule has 5 nitrogen and oxygen atoms in total. The number of ketones is 1. The molecule has 0 radical (unpaired) electrons. The molecule has 0 unspecified atom stereocenters. The molecule has 0 atom stereocenters. The van der Waals surface area contributed by atoms with Gasteiger partial charge in [0.25, 0.3) is 5.91 Å². The summed E-state index contributed by atoms with van der Waals surface area (Å²) in [5.74, 6) is -1.40. The van der Waals surface area contributed by atoms with Crippen LogP contribution in [0, 0.1) is 5.41 Å². The fraction of sp³-hybridized carbons (Fsp3) is 0.318. The second-order valence-electron chi connectivity index (χ2n) is 7.65. The highest BCUT2D eigenvalue weighted by molar-refractivity contribution is 7.20. The summed E-state index contributed by atoms with van der Waals surface area (Å²) in [7, 11) is 0. The van der Waals surface area contributed by atoms with E-state index in [0.29, 0.717) is 26.5 Å². The lowest BCUT2D eigenvalue weighted by atomic mass is 9.95. The summed E-state index contributed by atoms with van der Waals surface area (Å²) in [6.07, 6.45) is 2.22. The smallest absolute Gasteiger partial charge is 0.330 e. The molecule has 1 aromatic carbocycles. The number of carbonyl (C=O) groups is 3. The number of amides is 1. The number of rotatable bonds is 7. The van der Waals surface area contributed by atoms with Crippen LogP contribution in [0.1, 0.15) is 43.6 Å². The summed E-state index contributed by atoms with van der Waals surface area (Å²) in [5, 5.41) is 0.713. The van der Waals surface area contributed by atoms with Crippen LogP contribution >= 0.6 is 34.5 Å². The molecule has 1 heterocycles. The summed E-state index contributed by atoms with van der Waals surface area (Å²) in [5.41, 5.74) is 0.314. The van der Waals surface area contributed by atoms with Gasteiger partial charge in [0.2, 0.25) is 0 Å². The average Bonchev–Trinajstić information content (AvgIpc) is 3.05. The minimum absolute atomic E-state index is 0.208. The number of hydrogen-bond donors (Lipinski definition) is 0. The normalized spacial score (nSPS) is 11.5. The third-order valence-corrected chi connectivity index (χ3v) is 5.45. The predicted molar refractivity (Wildman–Crippen MR) is 122 cm³/mol. The molecule has 2 aromatic rings. The number of carbonyl (C=O) groups excluding carboxylic acids is 3. The van der Waals surface area contributed by atoms with Crippen LogP contribution in [-0.4, -0.2) is 30.8 Å². The maximum Gasteiger partial charge on any atom is 0.330 e. The molecule has 0 N–H and O–H groups in total. The SMILES string of the molecule is CCOC(=O)C=CC(=O)N(CC(C)(C)C)c1sc(Cl)cc1C(=O)c1ccccc1Cl. The molecule has 0 saturated carbocycles. The molecule has 160 valence electrons. The first-order valence-electron chi connectivity index (χ1n) is 9.28. The van der Waals surface area contributed by atoms with Crippen molar-refractivity contribution in [1.82, 2.24) is 0 Å². The van der Waals surface area contributed by atoms with Crippen LogP contribution in [0.5, 0.6) is 0 Å². The maximum absolute atomic E-state index is 13.2. The van der Waals surface area contributed by atoms with Crippen molar-refractivity contribution < 1.29 is 19.1 Å². The second kappa shape index (κ2) is 10.2. The van der Waals surface area contributed by atoms with E-state index in [0.717, 1.165) is 23.5 Å². The van der Waals surface area contributed by atoms with Gasteiger partial charge in [0.05, 0.1) is 21.5 Å². The first-order chi connectivity index (χ1) is 14.0. The van der Waals surface area contributed by atoms with Crippen LogP contribution in [0.15, 0.2) is 42.5 Å². The summed E-state index contributed by atoms with van der Waals surface area (Å²) < 4.78 is 5.19. The van der Waals surface area contributed by atoms with E-state index in [1.54, 1.807) is 31.2 Å². The van der Waals surface area contributed by atoms with E-state index >= 15 is 0 Å². The van der Waals surface area contributed by atoms with Gasteiger partial charge in [-0.15, -0.1) is 11.3 Å². The average molecular weight is 468 g/mol. The summed E-state index contributed by atoms with van der Waals surface area (Å²) in [6, 6.07) is 8.23.